The van der Waals surface area contributed by atoms with E-state index in [-0.39, 0.29) is 11.8 Å². The summed E-state index contributed by atoms with van der Waals surface area (Å²) in [7, 11) is 0. The average molecular weight is 230 g/mol. The lowest BCUT2D eigenvalue weighted by Crippen LogP contribution is -2.16. The van der Waals surface area contributed by atoms with E-state index in [4.69, 9.17) is 5.26 Å². The number of rotatable bonds is 2. The minimum atomic E-state index is 0.0441. The molecule has 1 heterocycles. The van der Waals surface area contributed by atoms with Gasteiger partial charge < -0.3 is 5.32 Å². The number of anilines is 1. The molecule has 5 nitrogen and oxygen atoms in total. The van der Waals surface area contributed by atoms with Gasteiger partial charge in [-0.2, -0.15) is 10.4 Å². The fourth-order valence-corrected chi connectivity index (χ4v) is 3.05. The number of aromatic nitrogens is 2. The monoisotopic (exact) mass is 230 g/mol. The molecule has 2 N–H and O–H groups in total. The van der Waals surface area contributed by atoms with Crippen LogP contribution in [0.3, 0.4) is 0 Å². The van der Waals surface area contributed by atoms with Gasteiger partial charge in [-0.15, -0.1) is 0 Å². The molecule has 0 aromatic carbocycles. The van der Waals surface area contributed by atoms with E-state index in [1.54, 1.807) is 0 Å². The Morgan fingerprint density at radius 2 is 2.18 bits per heavy atom. The molecule has 0 aliphatic heterocycles. The van der Waals surface area contributed by atoms with Gasteiger partial charge in [-0.1, -0.05) is 12.8 Å². The first-order valence-electron chi connectivity index (χ1n) is 6.05. The molecule has 2 fully saturated rings. The van der Waals surface area contributed by atoms with Gasteiger partial charge in [-0.25, -0.2) is 0 Å². The number of carbonyl (C=O) groups is 1. The van der Waals surface area contributed by atoms with E-state index in [0.717, 1.165) is 0 Å². The Kier molecular flexibility index (Phi) is 2.36. The first kappa shape index (κ1) is 10.3. The molecule has 2 saturated carbocycles. The van der Waals surface area contributed by atoms with Crippen LogP contribution in [0.5, 0.6) is 0 Å². The molecule has 2 aliphatic rings. The predicted molar refractivity (Wildman–Crippen MR) is 60.9 cm³/mol. The number of hydrogen-bond acceptors (Lipinski definition) is 3. The third-order valence-corrected chi connectivity index (χ3v) is 3.97. The lowest BCUT2D eigenvalue weighted by atomic mass is 10.0. The maximum absolute atomic E-state index is 12.0. The molecule has 5 heteroatoms. The Morgan fingerprint density at radius 3 is 2.82 bits per heavy atom. The van der Waals surface area contributed by atoms with Crippen LogP contribution < -0.4 is 5.32 Å². The lowest BCUT2D eigenvalue weighted by molar-refractivity contribution is -0.117. The molecule has 0 spiro atoms. The summed E-state index contributed by atoms with van der Waals surface area (Å²) in [6.45, 7) is 0. The quantitative estimate of drug-likeness (QED) is 0.810. The second-order valence-electron chi connectivity index (χ2n) is 4.90. The summed E-state index contributed by atoms with van der Waals surface area (Å²) in [4.78, 5) is 12.0. The Morgan fingerprint density at radius 1 is 1.47 bits per heavy atom. The fraction of sp³-hybridized carbons (Fsp3) is 0.583. The standard InChI is InChI=1S/C12H14N4O/c13-5-7-6-14-16-11(7)15-12(17)10-8-3-1-2-4-9(8)10/h6,8-10H,1-4H2,(H2,14,15,16,17). The van der Waals surface area contributed by atoms with Crippen molar-refractivity contribution in [2.45, 2.75) is 25.7 Å². The SMILES string of the molecule is N#Cc1cn[nH]c1NC(=O)C1C2CCCCC21. The second kappa shape index (κ2) is 3.88. The number of nitriles is 1. The summed E-state index contributed by atoms with van der Waals surface area (Å²) in [6, 6.07) is 1.99. The zero-order chi connectivity index (χ0) is 11.8. The summed E-state index contributed by atoms with van der Waals surface area (Å²) >= 11 is 0. The molecule has 2 unspecified atom stereocenters. The van der Waals surface area contributed by atoms with Gasteiger partial charge in [0.05, 0.1) is 6.20 Å². The van der Waals surface area contributed by atoms with Crippen LogP contribution in [0, 0.1) is 29.1 Å². The van der Waals surface area contributed by atoms with Gasteiger partial charge in [-0.05, 0) is 24.7 Å². The smallest absolute Gasteiger partial charge is 0.229 e. The number of H-pyrrole nitrogens is 1. The first-order valence-corrected chi connectivity index (χ1v) is 6.05. The molecular formula is C12H14N4O. The van der Waals surface area contributed by atoms with E-state index >= 15 is 0 Å². The van der Waals surface area contributed by atoms with Crippen molar-refractivity contribution in [2.75, 3.05) is 5.32 Å². The maximum atomic E-state index is 12.0. The van der Waals surface area contributed by atoms with Crippen molar-refractivity contribution in [1.29, 1.82) is 5.26 Å². The Hall–Kier alpha value is -1.83. The number of nitrogens with zero attached hydrogens (tertiary/aromatic N) is 2. The number of fused-ring (bicyclic) bond motifs is 1. The van der Waals surface area contributed by atoms with Gasteiger partial charge >= 0.3 is 0 Å². The normalized spacial score (nSPS) is 30.2. The number of amides is 1. The van der Waals surface area contributed by atoms with Crippen LogP contribution >= 0.6 is 0 Å². The first-order chi connectivity index (χ1) is 8.31. The molecule has 1 aromatic rings. The average Bonchev–Trinajstić information content (AvgIpc) is 2.92. The highest BCUT2D eigenvalue weighted by molar-refractivity contribution is 5.95. The van der Waals surface area contributed by atoms with E-state index < -0.39 is 0 Å². The number of carbonyl (C=O) groups excluding carboxylic acids is 1. The lowest BCUT2D eigenvalue weighted by Gasteiger charge is -2.04. The van der Waals surface area contributed by atoms with Crippen LogP contribution in [0.25, 0.3) is 0 Å². The molecule has 2 atom stereocenters. The van der Waals surface area contributed by atoms with Crippen LogP contribution in [0.15, 0.2) is 6.20 Å². The summed E-state index contributed by atoms with van der Waals surface area (Å²) < 4.78 is 0. The zero-order valence-electron chi connectivity index (χ0n) is 9.44. The predicted octanol–water partition coefficient (Wildman–Crippen LogP) is 1.66. The molecule has 3 rings (SSSR count). The molecule has 0 bridgehead atoms. The van der Waals surface area contributed by atoms with Gasteiger partial charge in [0.15, 0.2) is 0 Å². The number of aromatic amines is 1. The molecule has 0 radical (unpaired) electrons. The zero-order valence-corrected chi connectivity index (χ0v) is 9.44. The summed E-state index contributed by atoms with van der Waals surface area (Å²) in [5.41, 5.74) is 0.391. The maximum Gasteiger partial charge on any atom is 0.229 e. The molecular weight excluding hydrogens is 216 g/mol. The Bertz CT molecular complexity index is 475. The number of hydrogen-bond donors (Lipinski definition) is 2. The highest BCUT2D eigenvalue weighted by atomic mass is 16.2. The third-order valence-electron chi connectivity index (χ3n) is 3.97. The molecule has 1 aromatic heterocycles. The van der Waals surface area contributed by atoms with E-state index in [1.807, 2.05) is 6.07 Å². The topological polar surface area (TPSA) is 81.6 Å². The van der Waals surface area contributed by atoms with E-state index in [1.165, 1.54) is 31.9 Å². The Balaban J connectivity index is 1.67. The summed E-state index contributed by atoms with van der Waals surface area (Å²) in [6.07, 6.45) is 6.28. The summed E-state index contributed by atoms with van der Waals surface area (Å²) in [5, 5.41) is 18.0. The van der Waals surface area contributed by atoms with Gasteiger partial charge in [0, 0.05) is 5.92 Å². The van der Waals surface area contributed by atoms with E-state index in [0.29, 0.717) is 23.2 Å². The van der Waals surface area contributed by atoms with Gasteiger partial charge in [0.2, 0.25) is 5.91 Å². The second-order valence-corrected chi connectivity index (χ2v) is 4.90. The highest BCUT2D eigenvalue weighted by Gasteiger charge is 2.54. The van der Waals surface area contributed by atoms with Crippen molar-refractivity contribution in [3.8, 4) is 6.07 Å². The van der Waals surface area contributed by atoms with Crippen LogP contribution in [0.4, 0.5) is 5.82 Å². The van der Waals surface area contributed by atoms with E-state index in [2.05, 4.69) is 15.5 Å². The van der Waals surface area contributed by atoms with Crippen molar-refractivity contribution in [3.63, 3.8) is 0 Å². The summed E-state index contributed by atoms with van der Waals surface area (Å²) in [5.74, 6) is 1.80. The van der Waals surface area contributed by atoms with Crippen LogP contribution in [-0.4, -0.2) is 16.1 Å². The van der Waals surface area contributed by atoms with Crippen LogP contribution in [0.1, 0.15) is 31.2 Å². The van der Waals surface area contributed by atoms with Crippen molar-refractivity contribution < 1.29 is 4.79 Å². The molecule has 2 aliphatic carbocycles. The van der Waals surface area contributed by atoms with Crippen LogP contribution in [-0.2, 0) is 4.79 Å². The fourth-order valence-electron chi connectivity index (χ4n) is 3.05. The van der Waals surface area contributed by atoms with Gasteiger partial charge in [0.1, 0.15) is 17.5 Å². The molecule has 17 heavy (non-hydrogen) atoms. The van der Waals surface area contributed by atoms with Crippen molar-refractivity contribution in [3.05, 3.63) is 11.8 Å². The molecule has 0 saturated heterocycles. The largest absolute Gasteiger partial charge is 0.310 e. The van der Waals surface area contributed by atoms with Gasteiger partial charge in [0.25, 0.3) is 0 Å². The van der Waals surface area contributed by atoms with Gasteiger partial charge in [-0.3, -0.25) is 9.89 Å². The third kappa shape index (κ3) is 1.70. The van der Waals surface area contributed by atoms with Crippen LogP contribution in [0.2, 0.25) is 0 Å². The minimum Gasteiger partial charge on any atom is -0.310 e. The molecule has 1 amide bonds. The minimum absolute atomic E-state index is 0.0441. The van der Waals surface area contributed by atoms with Crippen molar-refractivity contribution in [2.24, 2.45) is 17.8 Å². The van der Waals surface area contributed by atoms with Crippen molar-refractivity contribution in [1.82, 2.24) is 10.2 Å². The Labute approximate surface area is 99.2 Å². The van der Waals surface area contributed by atoms with E-state index in [9.17, 15) is 4.79 Å². The number of nitrogens with one attached hydrogen (secondary N) is 2. The highest BCUT2D eigenvalue weighted by Crippen LogP contribution is 2.55. The molecule has 88 valence electrons. The van der Waals surface area contributed by atoms with Crippen molar-refractivity contribution >= 4 is 11.7 Å².